The summed E-state index contributed by atoms with van der Waals surface area (Å²) in [7, 11) is -3.78. The number of rotatable bonds is 7. The maximum Gasteiger partial charge on any atom is 0.335 e. The fraction of sp³-hybridized carbons (Fsp3) is 0.188. The summed E-state index contributed by atoms with van der Waals surface area (Å²) in [6.07, 6.45) is 0. The zero-order valence-electron chi connectivity index (χ0n) is 12.6. The number of aromatic carboxylic acids is 1. The van der Waals surface area contributed by atoms with Gasteiger partial charge in [-0.2, -0.15) is 12.7 Å². The van der Waals surface area contributed by atoms with Gasteiger partial charge in [-0.15, -0.1) is 0 Å². The van der Waals surface area contributed by atoms with Crippen molar-refractivity contribution < 1.29 is 18.3 Å². The van der Waals surface area contributed by atoms with Crippen molar-refractivity contribution in [3.63, 3.8) is 0 Å². The minimum Gasteiger partial charge on any atom is -0.478 e. The molecule has 2 aromatic carbocycles. The molecule has 0 fully saturated rings. The van der Waals surface area contributed by atoms with Crippen LogP contribution in [0.4, 0.5) is 5.69 Å². The highest BCUT2D eigenvalue weighted by molar-refractivity contribution is 7.90. The van der Waals surface area contributed by atoms with Crippen LogP contribution >= 0.6 is 0 Å². The molecule has 0 saturated carbocycles. The molecule has 0 radical (unpaired) electrons. The van der Waals surface area contributed by atoms with Crippen molar-refractivity contribution >= 4 is 21.9 Å². The molecule has 0 unspecified atom stereocenters. The van der Waals surface area contributed by atoms with Gasteiger partial charge < -0.3 is 5.11 Å². The molecule has 0 spiro atoms. The number of hydrogen-bond donors (Lipinski definition) is 2. The number of anilines is 1. The molecular formula is C16H18N2O4S. The average Bonchev–Trinajstić information content (AvgIpc) is 2.53. The average molecular weight is 334 g/mol. The molecule has 7 heteroatoms. The first-order chi connectivity index (χ1) is 10.9. The zero-order chi connectivity index (χ0) is 16.9. The Morgan fingerprint density at radius 3 is 2.43 bits per heavy atom. The van der Waals surface area contributed by atoms with Crippen LogP contribution in [0.15, 0.2) is 54.6 Å². The second kappa shape index (κ2) is 7.26. The molecule has 2 N–H and O–H groups in total. The van der Waals surface area contributed by atoms with Gasteiger partial charge in [-0.3, -0.25) is 4.72 Å². The predicted molar refractivity (Wildman–Crippen MR) is 88.5 cm³/mol. The Balaban J connectivity index is 2.19. The van der Waals surface area contributed by atoms with Crippen molar-refractivity contribution in [2.75, 3.05) is 11.3 Å². The van der Waals surface area contributed by atoms with E-state index in [9.17, 15) is 13.2 Å². The summed E-state index contributed by atoms with van der Waals surface area (Å²) in [4.78, 5) is 11.0. The number of carbonyl (C=O) groups is 1. The first-order valence-electron chi connectivity index (χ1n) is 7.07. The van der Waals surface area contributed by atoms with Gasteiger partial charge in [0.05, 0.1) is 11.3 Å². The van der Waals surface area contributed by atoms with E-state index in [2.05, 4.69) is 4.72 Å². The van der Waals surface area contributed by atoms with Crippen molar-refractivity contribution in [1.29, 1.82) is 0 Å². The fourth-order valence-corrected chi connectivity index (χ4v) is 3.30. The summed E-state index contributed by atoms with van der Waals surface area (Å²) in [6.45, 7) is 2.28. The normalized spacial score (nSPS) is 11.4. The van der Waals surface area contributed by atoms with Crippen molar-refractivity contribution in [2.45, 2.75) is 13.5 Å². The molecule has 2 rings (SSSR count). The third-order valence-corrected chi connectivity index (χ3v) is 4.81. The standard InChI is InChI=1S/C16H18N2O4S/c1-2-18(12-13-7-4-3-5-8-13)23(21,22)17-15-10-6-9-14(11-15)16(19)20/h3-11,17H,2,12H2,1H3,(H,19,20). The number of carboxylic acids is 1. The van der Waals surface area contributed by atoms with Crippen LogP contribution in [0.5, 0.6) is 0 Å². The number of carboxylic acid groups (broad SMARTS) is 1. The molecule has 122 valence electrons. The van der Waals surface area contributed by atoms with Gasteiger partial charge >= 0.3 is 16.2 Å². The Kier molecular flexibility index (Phi) is 5.36. The zero-order valence-corrected chi connectivity index (χ0v) is 13.5. The first kappa shape index (κ1) is 17.0. The topological polar surface area (TPSA) is 86.7 Å². The van der Waals surface area contributed by atoms with Gasteiger partial charge in [-0.1, -0.05) is 43.3 Å². The fourth-order valence-electron chi connectivity index (χ4n) is 2.08. The number of benzene rings is 2. The predicted octanol–water partition coefficient (Wildman–Crippen LogP) is 2.56. The molecule has 0 atom stereocenters. The lowest BCUT2D eigenvalue weighted by Crippen LogP contribution is -2.35. The molecular weight excluding hydrogens is 316 g/mol. The van der Waals surface area contributed by atoms with Crippen LogP contribution in [0.1, 0.15) is 22.8 Å². The summed E-state index contributed by atoms with van der Waals surface area (Å²) in [6, 6.07) is 15.0. The molecule has 0 saturated heterocycles. The highest BCUT2D eigenvalue weighted by Crippen LogP contribution is 2.16. The summed E-state index contributed by atoms with van der Waals surface area (Å²) in [5.74, 6) is -1.11. The highest BCUT2D eigenvalue weighted by atomic mass is 32.2. The van der Waals surface area contributed by atoms with Gasteiger partial charge in [0.25, 0.3) is 0 Å². The van der Waals surface area contributed by atoms with E-state index in [1.165, 1.54) is 28.6 Å². The minimum absolute atomic E-state index is 0.0244. The Morgan fingerprint density at radius 1 is 1.13 bits per heavy atom. The Labute approximate surface area is 135 Å². The molecule has 2 aromatic rings. The third kappa shape index (κ3) is 4.54. The molecule has 0 amide bonds. The van der Waals surface area contributed by atoms with E-state index in [0.29, 0.717) is 6.54 Å². The van der Waals surface area contributed by atoms with Crippen molar-refractivity contribution in [1.82, 2.24) is 4.31 Å². The second-order valence-corrected chi connectivity index (χ2v) is 6.58. The molecule has 0 aliphatic heterocycles. The Bertz CT molecular complexity index is 776. The Morgan fingerprint density at radius 2 is 1.83 bits per heavy atom. The SMILES string of the molecule is CCN(Cc1ccccc1)S(=O)(=O)Nc1cccc(C(=O)O)c1. The van der Waals surface area contributed by atoms with Crippen LogP contribution < -0.4 is 4.72 Å². The lowest BCUT2D eigenvalue weighted by molar-refractivity contribution is 0.0697. The highest BCUT2D eigenvalue weighted by Gasteiger charge is 2.21. The molecule has 0 aliphatic carbocycles. The lowest BCUT2D eigenvalue weighted by Gasteiger charge is -2.21. The number of nitrogens with one attached hydrogen (secondary N) is 1. The minimum atomic E-state index is -3.78. The summed E-state index contributed by atoms with van der Waals surface area (Å²) < 4.78 is 28.7. The first-order valence-corrected chi connectivity index (χ1v) is 8.51. The molecule has 0 aliphatic rings. The third-order valence-electron chi connectivity index (χ3n) is 3.25. The van der Waals surface area contributed by atoms with E-state index in [1.807, 2.05) is 30.3 Å². The molecule has 0 aromatic heterocycles. The molecule has 23 heavy (non-hydrogen) atoms. The Hall–Kier alpha value is -2.38. The van der Waals surface area contributed by atoms with Crippen molar-refractivity contribution in [3.05, 3.63) is 65.7 Å². The summed E-state index contributed by atoms with van der Waals surface area (Å²) in [5, 5.41) is 8.97. The van der Waals surface area contributed by atoms with Crippen LogP contribution in [-0.2, 0) is 16.8 Å². The van der Waals surface area contributed by atoms with E-state index < -0.39 is 16.2 Å². The van der Waals surface area contributed by atoms with Crippen LogP contribution in [0.2, 0.25) is 0 Å². The maximum atomic E-state index is 12.5. The van der Waals surface area contributed by atoms with E-state index in [4.69, 9.17) is 5.11 Å². The van der Waals surface area contributed by atoms with Gasteiger partial charge in [0.1, 0.15) is 0 Å². The van der Waals surface area contributed by atoms with Crippen LogP contribution in [0, 0.1) is 0 Å². The van der Waals surface area contributed by atoms with E-state index in [1.54, 1.807) is 6.92 Å². The summed E-state index contributed by atoms with van der Waals surface area (Å²) >= 11 is 0. The van der Waals surface area contributed by atoms with Crippen molar-refractivity contribution in [2.24, 2.45) is 0 Å². The van der Waals surface area contributed by atoms with Gasteiger partial charge in [0.2, 0.25) is 0 Å². The van der Waals surface area contributed by atoms with Crippen molar-refractivity contribution in [3.8, 4) is 0 Å². The van der Waals surface area contributed by atoms with Gasteiger partial charge in [0.15, 0.2) is 0 Å². The smallest absolute Gasteiger partial charge is 0.335 e. The van der Waals surface area contributed by atoms with E-state index >= 15 is 0 Å². The molecule has 0 heterocycles. The summed E-state index contributed by atoms with van der Waals surface area (Å²) in [5.41, 5.74) is 1.12. The van der Waals surface area contributed by atoms with E-state index in [-0.39, 0.29) is 17.8 Å². The largest absolute Gasteiger partial charge is 0.478 e. The van der Waals surface area contributed by atoms with Gasteiger partial charge in [0, 0.05) is 13.1 Å². The molecule has 6 nitrogen and oxygen atoms in total. The number of hydrogen-bond acceptors (Lipinski definition) is 3. The monoisotopic (exact) mass is 334 g/mol. The van der Waals surface area contributed by atoms with Crippen LogP contribution in [0.25, 0.3) is 0 Å². The number of nitrogens with zero attached hydrogens (tertiary/aromatic N) is 1. The van der Waals surface area contributed by atoms with Gasteiger partial charge in [-0.05, 0) is 23.8 Å². The van der Waals surface area contributed by atoms with Crippen LogP contribution in [0.3, 0.4) is 0 Å². The van der Waals surface area contributed by atoms with E-state index in [0.717, 1.165) is 5.56 Å². The lowest BCUT2D eigenvalue weighted by atomic mass is 10.2. The second-order valence-electron chi connectivity index (χ2n) is 4.90. The van der Waals surface area contributed by atoms with Gasteiger partial charge in [-0.25, -0.2) is 4.79 Å². The quantitative estimate of drug-likeness (QED) is 0.815. The van der Waals surface area contributed by atoms with Crippen LogP contribution in [-0.4, -0.2) is 30.3 Å². The molecule has 0 bridgehead atoms. The maximum absolute atomic E-state index is 12.5.